The molecule has 0 atom stereocenters. The fraction of sp³-hybridized carbons (Fsp3) is 0. The molecule has 0 aliphatic rings. The SMILES string of the molecule is N#C/C(=N\Nc1cc(F)c(Br)cc1Cl)C(=N)N. The van der Waals surface area contributed by atoms with Crippen molar-refractivity contribution < 1.29 is 4.39 Å². The second-order valence-electron chi connectivity index (χ2n) is 2.84. The van der Waals surface area contributed by atoms with Crippen molar-refractivity contribution in [1.82, 2.24) is 0 Å². The van der Waals surface area contributed by atoms with Crippen LogP contribution in [0.3, 0.4) is 0 Å². The zero-order valence-corrected chi connectivity index (χ0v) is 10.6. The van der Waals surface area contributed by atoms with Gasteiger partial charge in [0.25, 0.3) is 0 Å². The number of halogens is 3. The van der Waals surface area contributed by atoms with Gasteiger partial charge in [-0.25, -0.2) is 4.39 Å². The zero-order valence-electron chi connectivity index (χ0n) is 8.26. The Bertz CT molecular complexity index is 537. The molecule has 0 unspecified atom stereocenters. The van der Waals surface area contributed by atoms with Crippen LogP contribution in [0.4, 0.5) is 10.1 Å². The van der Waals surface area contributed by atoms with Crippen LogP contribution in [0.2, 0.25) is 5.02 Å². The average molecular weight is 319 g/mol. The molecular formula is C9H6BrClFN5. The Labute approximate surface area is 110 Å². The van der Waals surface area contributed by atoms with Gasteiger partial charge in [0.1, 0.15) is 11.9 Å². The highest BCUT2D eigenvalue weighted by Gasteiger charge is 2.07. The van der Waals surface area contributed by atoms with Crippen molar-refractivity contribution >= 4 is 44.8 Å². The Morgan fingerprint density at radius 2 is 2.29 bits per heavy atom. The molecule has 0 amide bonds. The molecule has 0 aliphatic heterocycles. The van der Waals surface area contributed by atoms with Crippen molar-refractivity contribution in [3.05, 3.63) is 27.4 Å². The maximum absolute atomic E-state index is 13.2. The van der Waals surface area contributed by atoms with Crippen LogP contribution in [0, 0.1) is 22.6 Å². The number of nitriles is 1. The van der Waals surface area contributed by atoms with E-state index in [9.17, 15) is 4.39 Å². The molecule has 17 heavy (non-hydrogen) atoms. The molecule has 0 radical (unpaired) electrons. The van der Waals surface area contributed by atoms with E-state index in [0.29, 0.717) is 0 Å². The first-order valence-electron chi connectivity index (χ1n) is 4.18. The van der Waals surface area contributed by atoms with E-state index in [-0.39, 0.29) is 20.9 Å². The first-order valence-corrected chi connectivity index (χ1v) is 5.35. The van der Waals surface area contributed by atoms with Gasteiger partial charge in [0.2, 0.25) is 5.71 Å². The van der Waals surface area contributed by atoms with Crippen molar-refractivity contribution in [3.8, 4) is 6.07 Å². The zero-order chi connectivity index (χ0) is 13.0. The molecule has 0 aromatic heterocycles. The van der Waals surface area contributed by atoms with E-state index in [1.165, 1.54) is 6.07 Å². The van der Waals surface area contributed by atoms with Gasteiger partial charge in [0.15, 0.2) is 5.84 Å². The summed E-state index contributed by atoms with van der Waals surface area (Å²) < 4.78 is 13.4. The highest BCUT2D eigenvalue weighted by molar-refractivity contribution is 9.10. The van der Waals surface area contributed by atoms with Gasteiger partial charge in [-0.1, -0.05) is 11.6 Å². The van der Waals surface area contributed by atoms with Crippen LogP contribution in [0.15, 0.2) is 21.7 Å². The van der Waals surface area contributed by atoms with Crippen molar-refractivity contribution in [2.45, 2.75) is 0 Å². The summed E-state index contributed by atoms with van der Waals surface area (Å²) in [6, 6.07) is 4.05. The van der Waals surface area contributed by atoms with Crippen molar-refractivity contribution in [1.29, 1.82) is 10.7 Å². The molecule has 1 aromatic carbocycles. The van der Waals surface area contributed by atoms with Crippen LogP contribution in [0.25, 0.3) is 0 Å². The number of nitrogens with two attached hydrogens (primary N) is 1. The quantitative estimate of drug-likeness (QED) is 0.345. The van der Waals surface area contributed by atoms with Crippen LogP contribution >= 0.6 is 27.5 Å². The fourth-order valence-electron chi connectivity index (χ4n) is 0.870. The van der Waals surface area contributed by atoms with E-state index in [1.807, 2.05) is 0 Å². The van der Waals surface area contributed by atoms with Crippen LogP contribution in [0.1, 0.15) is 0 Å². The Balaban J connectivity index is 3.01. The third kappa shape index (κ3) is 3.41. The van der Waals surface area contributed by atoms with E-state index in [2.05, 4.69) is 26.5 Å². The second kappa shape index (κ2) is 5.61. The number of hydrogen-bond acceptors (Lipinski definition) is 4. The molecule has 4 N–H and O–H groups in total. The summed E-state index contributed by atoms with van der Waals surface area (Å²) in [7, 11) is 0. The minimum absolute atomic E-state index is 0.168. The van der Waals surface area contributed by atoms with E-state index in [1.54, 1.807) is 6.07 Å². The average Bonchev–Trinajstić information content (AvgIpc) is 2.25. The van der Waals surface area contributed by atoms with Gasteiger partial charge in [-0.05, 0) is 22.0 Å². The van der Waals surface area contributed by atoms with E-state index in [0.717, 1.165) is 6.07 Å². The topological polar surface area (TPSA) is 98.0 Å². The molecule has 5 nitrogen and oxygen atoms in total. The first-order chi connectivity index (χ1) is 7.95. The minimum atomic E-state index is -0.534. The number of anilines is 1. The van der Waals surface area contributed by atoms with Gasteiger partial charge >= 0.3 is 0 Å². The predicted octanol–water partition coefficient (Wildman–Crippen LogP) is 2.47. The molecule has 1 rings (SSSR count). The lowest BCUT2D eigenvalue weighted by Crippen LogP contribution is -2.21. The highest BCUT2D eigenvalue weighted by atomic mass is 79.9. The van der Waals surface area contributed by atoms with E-state index in [4.69, 9.17) is 28.0 Å². The van der Waals surface area contributed by atoms with Crippen LogP contribution in [-0.2, 0) is 0 Å². The third-order valence-electron chi connectivity index (χ3n) is 1.66. The van der Waals surface area contributed by atoms with Gasteiger partial charge in [0.05, 0.1) is 15.2 Å². The normalized spacial score (nSPS) is 10.8. The monoisotopic (exact) mass is 317 g/mol. The molecule has 0 saturated heterocycles. The standard InChI is InChI=1S/C9H6BrClFN5/c10-4-1-5(11)7(2-6(4)12)16-17-8(3-13)9(14)15/h1-2,16H,(H3,14,15)/b17-8+. The van der Waals surface area contributed by atoms with Crippen LogP contribution < -0.4 is 11.2 Å². The van der Waals surface area contributed by atoms with Gasteiger partial charge in [-0.15, -0.1) is 0 Å². The summed E-state index contributed by atoms with van der Waals surface area (Å²) in [5, 5.41) is 19.3. The van der Waals surface area contributed by atoms with Crippen molar-refractivity contribution in [3.63, 3.8) is 0 Å². The lowest BCUT2D eigenvalue weighted by Gasteiger charge is -2.05. The number of nitrogens with one attached hydrogen (secondary N) is 2. The molecule has 0 spiro atoms. The summed E-state index contributed by atoms with van der Waals surface area (Å²) >= 11 is 8.78. The Kier molecular flexibility index (Phi) is 4.43. The number of rotatable bonds is 3. The lowest BCUT2D eigenvalue weighted by atomic mass is 10.3. The predicted molar refractivity (Wildman–Crippen MR) is 67.7 cm³/mol. The summed E-state index contributed by atoms with van der Waals surface area (Å²) in [5.41, 5.74) is 7.30. The Hall–Kier alpha value is -1.65. The number of hydrogen-bond donors (Lipinski definition) is 3. The van der Waals surface area contributed by atoms with Gasteiger partial charge in [0, 0.05) is 6.07 Å². The molecule has 0 fully saturated rings. The number of nitrogens with zero attached hydrogens (tertiary/aromatic N) is 2. The number of benzene rings is 1. The first kappa shape index (κ1) is 13.4. The van der Waals surface area contributed by atoms with E-state index < -0.39 is 11.7 Å². The van der Waals surface area contributed by atoms with Crippen LogP contribution in [0.5, 0.6) is 0 Å². The van der Waals surface area contributed by atoms with Gasteiger partial charge in [-0.2, -0.15) is 10.4 Å². The maximum Gasteiger partial charge on any atom is 0.201 e. The van der Waals surface area contributed by atoms with Crippen LogP contribution in [-0.4, -0.2) is 11.5 Å². The molecule has 0 aliphatic carbocycles. The molecule has 88 valence electrons. The summed E-state index contributed by atoms with van der Waals surface area (Å²) in [6.45, 7) is 0. The summed E-state index contributed by atoms with van der Waals surface area (Å²) in [5.74, 6) is -1.03. The molecule has 0 saturated carbocycles. The lowest BCUT2D eigenvalue weighted by molar-refractivity contribution is 0.621. The molecule has 8 heteroatoms. The smallest absolute Gasteiger partial charge is 0.201 e. The van der Waals surface area contributed by atoms with E-state index >= 15 is 0 Å². The third-order valence-corrected chi connectivity index (χ3v) is 2.58. The summed E-state index contributed by atoms with van der Waals surface area (Å²) in [4.78, 5) is 0. The minimum Gasteiger partial charge on any atom is -0.382 e. The summed E-state index contributed by atoms with van der Waals surface area (Å²) in [6.07, 6.45) is 0. The van der Waals surface area contributed by atoms with Crippen molar-refractivity contribution in [2.24, 2.45) is 10.8 Å². The molecule has 1 aromatic rings. The maximum atomic E-state index is 13.2. The Morgan fingerprint density at radius 3 is 2.82 bits per heavy atom. The fourth-order valence-corrected chi connectivity index (χ4v) is 1.55. The largest absolute Gasteiger partial charge is 0.382 e. The van der Waals surface area contributed by atoms with Crippen molar-refractivity contribution in [2.75, 3.05) is 5.43 Å². The number of amidine groups is 1. The number of hydrazone groups is 1. The van der Waals surface area contributed by atoms with Gasteiger partial charge in [-0.3, -0.25) is 10.8 Å². The highest BCUT2D eigenvalue weighted by Crippen LogP contribution is 2.28. The molecular weight excluding hydrogens is 312 g/mol. The molecule has 0 bridgehead atoms. The second-order valence-corrected chi connectivity index (χ2v) is 4.11. The Morgan fingerprint density at radius 1 is 1.65 bits per heavy atom. The molecule has 0 heterocycles. The van der Waals surface area contributed by atoms with Gasteiger partial charge < -0.3 is 5.73 Å².